The Balaban J connectivity index is 1.56. The number of nitrogens with one attached hydrogen (secondary N) is 1. The van der Waals surface area contributed by atoms with Crippen molar-refractivity contribution in [3.8, 4) is 0 Å². The SMILES string of the molecule is CCC1OC2(CCN(Cc3ccccc3)CC2)NC1=O. The summed E-state index contributed by atoms with van der Waals surface area (Å²) in [5.74, 6) is 0.0593. The van der Waals surface area contributed by atoms with Gasteiger partial charge in [0.2, 0.25) is 0 Å². The highest BCUT2D eigenvalue weighted by Gasteiger charge is 2.46. The molecule has 1 unspecified atom stereocenters. The Morgan fingerprint density at radius 3 is 2.60 bits per heavy atom. The predicted molar refractivity (Wildman–Crippen MR) is 77.0 cm³/mol. The number of hydrogen-bond acceptors (Lipinski definition) is 3. The molecule has 1 N–H and O–H groups in total. The lowest BCUT2D eigenvalue weighted by Crippen LogP contribution is -2.51. The number of piperidine rings is 1. The van der Waals surface area contributed by atoms with Crippen molar-refractivity contribution in [2.45, 2.75) is 44.6 Å². The third kappa shape index (κ3) is 2.72. The Morgan fingerprint density at radius 1 is 1.30 bits per heavy atom. The van der Waals surface area contributed by atoms with Crippen LogP contribution < -0.4 is 5.32 Å². The molecule has 1 spiro atoms. The van der Waals surface area contributed by atoms with Crippen molar-refractivity contribution in [1.29, 1.82) is 0 Å². The lowest BCUT2D eigenvalue weighted by atomic mass is 10.00. The standard InChI is InChI=1S/C16H22N2O2/c1-2-14-15(19)17-16(20-14)8-10-18(11-9-16)12-13-6-4-3-5-7-13/h3-7,14H,2,8-12H2,1H3,(H,17,19). The summed E-state index contributed by atoms with van der Waals surface area (Å²) in [7, 11) is 0. The molecule has 2 heterocycles. The second-order valence-corrected chi connectivity index (χ2v) is 5.76. The molecule has 1 aromatic rings. The fourth-order valence-electron chi connectivity index (χ4n) is 3.09. The first-order chi connectivity index (χ1) is 9.71. The van der Waals surface area contributed by atoms with Crippen LogP contribution in [0.25, 0.3) is 0 Å². The monoisotopic (exact) mass is 274 g/mol. The summed E-state index contributed by atoms with van der Waals surface area (Å²) >= 11 is 0. The van der Waals surface area contributed by atoms with Gasteiger partial charge in [-0.3, -0.25) is 9.69 Å². The zero-order chi connectivity index (χ0) is 14.0. The average Bonchev–Trinajstić information content (AvgIpc) is 2.79. The van der Waals surface area contributed by atoms with Gasteiger partial charge < -0.3 is 10.1 Å². The number of likely N-dealkylation sites (tertiary alicyclic amines) is 1. The normalized spacial score (nSPS) is 25.9. The van der Waals surface area contributed by atoms with E-state index in [0.29, 0.717) is 0 Å². The van der Waals surface area contributed by atoms with Gasteiger partial charge in [0.05, 0.1) is 0 Å². The molecule has 2 fully saturated rings. The van der Waals surface area contributed by atoms with Crippen molar-refractivity contribution >= 4 is 5.91 Å². The molecule has 20 heavy (non-hydrogen) atoms. The van der Waals surface area contributed by atoms with Gasteiger partial charge in [0.1, 0.15) is 11.8 Å². The van der Waals surface area contributed by atoms with Crippen LogP contribution in [0.15, 0.2) is 30.3 Å². The quantitative estimate of drug-likeness (QED) is 0.915. The molecule has 108 valence electrons. The molecule has 2 aliphatic heterocycles. The first-order valence-corrected chi connectivity index (χ1v) is 7.47. The van der Waals surface area contributed by atoms with E-state index in [-0.39, 0.29) is 12.0 Å². The zero-order valence-electron chi connectivity index (χ0n) is 12.0. The van der Waals surface area contributed by atoms with Crippen LogP contribution in [0.4, 0.5) is 0 Å². The topological polar surface area (TPSA) is 41.6 Å². The molecule has 1 atom stereocenters. The number of nitrogens with zero attached hydrogens (tertiary/aromatic N) is 1. The van der Waals surface area contributed by atoms with Crippen molar-refractivity contribution in [2.75, 3.05) is 13.1 Å². The Kier molecular flexibility index (Phi) is 3.76. The number of ether oxygens (including phenoxy) is 1. The molecular formula is C16H22N2O2. The number of amides is 1. The van der Waals surface area contributed by atoms with Gasteiger partial charge in [-0.05, 0) is 12.0 Å². The minimum atomic E-state index is -0.398. The molecule has 0 aliphatic carbocycles. The van der Waals surface area contributed by atoms with E-state index < -0.39 is 5.72 Å². The molecule has 1 amide bonds. The van der Waals surface area contributed by atoms with E-state index in [4.69, 9.17) is 4.74 Å². The largest absolute Gasteiger partial charge is 0.343 e. The van der Waals surface area contributed by atoms with E-state index in [1.54, 1.807) is 0 Å². The van der Waals surface area contributed by atoms with Gasteiger partial charge in [-0.25, -0.2) is 0 Å². The number of carbonyl (C=O) groups is 1. The van der Waals surface area contributed by atoms with Crippen molar-refractivity contribution in [1.82, 2.24) is 10.2 Å². The van der Waals surface area contributed by atoms with Crippen LogP contribution in [0.2, 0.25) is 0 Å². The minimum Gasteiger partial charge on any atom is -0.343 e. The number of benzene rings is 1. The van der Waals surface area contributed by atoms with Crippen molar-refractivity contribution in [2.24, 2.45) is 0 Å². The molecular weight excluding hydrogens is 252 g/mol. The van der Waals surface area contributed by atoms with Crippen LogP contribution in [-0.2, 0) is 16.1 Å². The number of hydrogen-bond donors (Lipinski definition) is 1. The van der Waals surface area contributed by atoms with Gasteiger partial charge in [0, 0.05) is 32.5 Å². The molecule has 4 nitrogen and oxygen atoms in total. The summed E-state index contributed by atoms with van der Waals surface area (Å²) in [6.45, 7) is 4.90. The molecule has 0 aromatic heterocycles. The summed E-state index contributed by atoms with van der Waals surface area (Å²) in [6, 6.07) is 10.5. The summed E-state index contributed by atoms with van der Waals surface area (Å²) < 4.78 is 5.96. The maximum Gasteiger partial charge on any atom is 0.251 e. The van der Waals surface area contributed by atoms with Gasteiger partial charge in [0.25, 0.3) is 5.91 Å². The van der Waals surface area contributed by atoms with Gasteiger partial charge in [-0.1, -0.05) is 37.3 Å². The van der Waals surface area contributed by atoms with E-state index in [2.05, 4.69) is 34.5 Å². The smallest absolute Gasteiger partial charge is 0.251 e. The van der Waals surface area contributed by atoms with Gasteiger partial charge in [-0.2, -0.15) is 0 Å². The van der Waals surface area contributed by atoms with Gasteiger partial charge in [0.15, 0.2) is 0 Å². The van der Waals surface area contributed by atoms with Crippen LogP contribution in [0.5, 0.6) is 0 Å². The highest BCUT2D eigenvalue weighted by Crippen LogP contribution is 2.31. The van der Waals surface area contributed by atoms with Crippen molar-refractivity contribution < 1.29 is 9.53 Å². The van der Waals surface area contributed by atoms with Crippen LogP contribution in [0.3, 0.4) is 0 Å². The Morgan fingerprint density at radius 2 is 2.00 bits per heavy atom. The lowest BCUT2D eigenvalue weighted by molar-refractivity contribution is -0.124. The highest BCUT2D eigenvalue weighted by molar-refractivity contribution is 5.83. The summed E-state index contributed by atoms with van der Waals surface area (Å²) in [6.07, 6.45) is 2.25. The molecule has 0 bridgehead atoms. The molecule has 2 saturated heterocycles. The predicted octanol–water partition coefficient (Wildman–Crippen LogP) is 1.90. The third-order valence-electron chi connectivity index (χ3n) is 4.29. The minimum absolute atomic E-state index is 0.0593. The maximum atomic E-state index is 11.8. The van der Waals surface area contributed by atoms with Gasteiger partial charge in [-0.15, -0.1) is 0 Å². The van der Waals surface area contributed by atoms with Crippen LogP contribution in [0.1, 0.15) is 31.7 Å². The van der Waals surface area contributed by atoms with Gasteiger partial charge >= 0.3 is 0 Å². The van der Waals surface area contributed by atoms with E-state index in [0.717, 1.165) is 38.9 Å². The fraction of sp³-hybridized carbons (Fsp3) is 0.562. The van der Waals surface area contributed by atoms with Crippen molar-refractivity contribution in [3.63, 3.8) is 0 Å². The van der Waals surface area contributed by atoms with E-state index in [9.17, 15) is 4.79 Å². The van der Waals surface area contributed by atoms with E-state index in [1.165, 1.54) is 5.56 Å². The molecule has 4 heteroatoms. The van der Waals surface area contributed by atoms with Crippen LogP contribution in [0, 0.1) is 0 Å². The number of rotatable bonds is 3. The molecule has 1 aromatic carbocycles. The Labute approximate surface area is 120 Å². The fourth-order valence-corrected chi connectivity index (χ4v) is 3.09. The molecule has 0 radical (unpaired) electrons. The van der Waals surface area contributed by atoms with Crippen LogP contribution in [-0.4, -0.2) is 35.7 Å². The Bertz CT molecular complexity index is 467. The summed E-state index contributed by atoms with van der Waals surface area (Å²) in [5.41, 5.74) is 0.941. The first-order valence-electron chi connectivity index (χ1n) is 7.47. The molecule has 2 aliphatic rings. The zero-order valence-corrected chi connectivity index (χ0v) is 12.0. The number of carbonyl (C=O) groups excluding carboxylic acids is 1. The van der Waals surface area contributed by atoms with Crippen LogP contribution >= 0.6 is 0 Å². The highest BCUT2D eigenvalue weighted by atomic mass is 16.5. The molecule has 0 saturated carbocycles. The second kappa shape index (κ2) is 5.54. The summed E-state index contributed by atoms with van der Waals surface area (Å²) in [4.78, 5) is 14.2. The van der Waals surface area contributed by atoms with E-state index in [1.807, 2.05) is 13.0 Å². The maximum absolute atomic E-state index is 11.8. The summed E-state index contributed by atoms with van der Waals surface area (Å²) in [5, 5.41) is 3.07. The molecule has 3 rings (SSSR count). The van der Waals surface area contributed by atoms with Crippen molar-refractivity contribution in [3.05, 3.63) is 35.9 Å². The third-order valence-corrected chi connectivity index (χ3v) is 4.29. The Hall–Kier alpha value is -1.39. The first kappa shape index (κ1) is 13.6. The lowest BCUT2D eigenvalue weighted by Gasteiger charge is -2.38. The van der Waals surface area contributed by atoms with E-state index >= 15 is 0 Å². The second-order valence-electron chi connectivity index (χ2n) is 5.76. The average molecular weight is 274 g/mol.